The van der Waals surface area contributed by atoms with E-state index in [-0.39, 0.29) is 18.0 Å². The summed E-state index contributed by atoms with van der Waals surface area (Å²) in [7, 11) is 1.28. The van der Waals surface area contributed by atoms with Crippen molar-refractivity contribution in [2.45, 2.75) is 18.8 Å². The summed E-state index contributed by atoms with van der Waals surface area (Å²) >= 11 is 11.1. The van der Waals surface area contributed by atoms with Crippen LogP contribution in [-0.4, -0.2) is 31.1 Å². The predicted octanol–water partition coefficient (Wildman–Crippen LogP) is 4.82. The van der Waals surface area contributed by atoms with Crippen LogP contribution in [0.25, 0.3) is 6.08 Å². The van der Waals surface area contributed by atoms with Crippen molar-refractivity contribution >= 4 is 62.9 Å². The number of aryl methyl sites for hydroxylation is 1. The van der Waals surface area contributed by atoms with E-state index in [4.69, 9.17) is 16.3 Å². The highest BCUT2D eigenvalue weighted by Crippen LogP contribution is 2.37. The number of benzene rings is 2. The number of thioether (sulfide) groups is 1. The standard InChI is InChI=1S/C21H20BrClN2O4S/c1-3-12-4-6-14(7-5-12)24-21-25-20(27)17(30-21)10-13-8-15(22)19(16(23)9-13)29-11-18(26)28-2/h4-10,21,24H,3,11H2,1-2H3,(H,25,27). The number of carbonyl (C=O) groups is 2. The molecule has 1 aliphatic rings. The molecule has 1 amide bonds. The number of carbonyl (C=O) groups excluding carboxylic acids is 2. The summed E-state index contributed by atoms with van der Waals surface area (Å²) in [6.07, 6.45) is 2.73. The van der Waals surface area contributed by atoms with E-state index in [1.54, 1.807) is 18.2 Å². The van der Waals surface area contributed by atoms with Crippen LogP contribution < -0.4 is 15.4 Å². The monoisotopic (exact) mass is 510 g/mol. The van der Waals surface area contributed by atoms with E-state index in [2.05, 4.69) is 50.4 Å². The zero-order chi connectivity index (χ0) is 21.7. The van der Waals surface area contributed by atoms with Gasteiger partial charge >= 0.3 is 5.97 Å². The second-order valence-electron chi connectivity index (χ2n) is 6.35. The Morgan fingerprint density at radius 1 is 1.33 bits per heavy atom. The van der Waals surface area contributed by atoms with E-state index in [1.807, 2.05) is 12.1 Å². The second-order valence-corrected chi connectivity index (χ2v) is 8.76. The number of rotatable bonds is 7. The number of halogens is 2. The lowest BCUT2D eigenvalue weighted by atomic mass is 10.1. The summed E-state index contributed by atoms with van der Waals surface area (Å²) in [6.45, 7) is 1.86. The average Bonchev–Trinajstić information content (AvgIpc) is 3.06. The Labute approximate surface area is 192 Å². The maximum absolute atomic E-state index is 12.4. The van der Waals surface area contributed by atoms with Crippen LogP contribution in [-0.2, 0) is 20.7 Å². The van der Waals surface area contributed by atoms with Crippen LogP contribution >= 0.6 is 39.3 Å². The van der Waals surface area contributed by atoms with E-state index in [1.165, 1.54) is 24.4 Å². The second kappa shape index (κ2) is 10.2. The van der Waals surface area contributed by atoms with Crippen LogP contribution in [0.3, 0.4) is 0 Å². The molecule has 2 aromatic carbocycles. The first-order valence-corrected chi connectivity index (χ1v) is 11.2. The maximum atomic E-state index is 12.4. The van der Waals surface area contributed by atoms with Gasteiger partial charge in [-0.15, -0.1) is 0 Å². The molecule has 0 aliphatic carbocycles. The summed E-state index contributed by atoms with van der Waals surface area (Å²) < 4.78 is 10.5. The molecule has 1 unspecified atom stereocenters. The number of hydrogen-bond donors (Lipinski definition) is 2. The summed E-state index contributed by atoms with van der Waals surface area (Å²) in [5, 5.41) is 6.51. The Morgan fingerprint density at radius 2 is 2.07 bits per heavy atom. The van der Waals surface area contributed by atoms with Gasteiger partial charge in [-0.1, -0.05) is 42.4 Å². The lowest BCUT2D eigenvalue weighted by Gasteiger charge is -2.13. The van der Waals surface area contributed by atoms with Gasteiger partial charge in [0.05, 0.1) is 21.5 Å². The number of hydrogen-bond acceptors (Lipinski definition) is 6. The van der Waals surface area contributed by atoms with E-state index in [0.717, 1.165) is 17.7 Å². The lowest BCUT2D eigenvalue weighted by molar-refractivity contribution is -0.142. The van der Waals surface area contributed by atoms with Crippen LogP contribution in [0.5, 0.6) is 5.75 Å². The van der Waals surface area contributed by atoms with Crippen molar-refractivity contribution in [3.05, 3.63) is 61.9 Å². The van der Waals surface area contributed by atoms with E-state index >= 15 is 0 Å². The molecule has 1 fully saturated rings. The number of nitrogens with one attached hydrogen (secondary N) is 2. The van der Waals surface area contributed by atoms with Crippen molar-refractivity contribution < 1.29 is 19.1 Å². The van der Waals surface area contributed by atoms with Crippen molar-refractivity contribution in [3.8, 4) is 5.75 Å². The lowest BCUT2D eigenvalue weighted by Crippen LogP contribution is -2.30. The fraction of sp³-hybridized carbons (Fsp3) is 0.238. The average molecular weight is 512 g/mol. The Hall–Kier alpha value is -2.16. The minimum atomic E-state index is -0.508. The predicted molar refractivity (Wildman–Crippen MR) is 124 cm³/mol. The molecule has 1 aliphatic heterocycles. The summed E-state index contributed by atoms with van der Waals surface area (Å²) in [5.74, 6) is -0.338. The van der Waals surface area contributed by atoms with Gasteiger partial charge in [0.25, 0.3) is 5.91 Å². The number of methoxy groups -OCH3 is 1. The third kappa shape index (κ3) is 5.71. The Bertz CT molecular complexity index is 958. The van der Waals surface area contributed by atoms with E-state index in [0.29, 0.717) is 20.2 Å². The maximum Gasteiger partial charge on any atom is 0.343 e. The normalized spacial score (nSPS) is 17.0. The van der Waals surface area contributed by atoms with Gasteiger partial charge < -0.3 is 20.1 Å². The first-order valence-electron chi connectivity index (χ1n) is 9.13. The number of amides is 1. The smallest absolute Gasteiger partial charge is 0.343 e. The fourth-order valence-electron chi connectivity index (χ4n) is 2.70. The molecule has 1 saturated heterocycles. The molecular formula is C21H20BrClN2O4S. The molecule has 9 heteroatoms. The summed E-state index contributed by atoms with van der Waals surface area (Å²) in [5.41, 5.74) is 2.65. The molecule has 1 heterocycles. The van der Waals surface area contributed by atoms with E-state index in [9.17, 15) is 9.59 Å². The Morgan fingerprint density at radius 3 is 2.70 bits per heavy atom. The molecule has 0 bridgehead atoms. The van der Waals surface area contributed by atoms with Crippen LogP contribution in [0.15, 0.2) is 45.8 Å². The molecule has 0 aromatic heterocycles. The first kappa shape index (κ1) is 22.5. The number of ether oxygens (including phenoxy) is 2. The molecule has 0 spiro atoms. The summed E-state index contributed by atoms with van der Waals surface area (Å²) in [6, 6.07) is 11.6. The van der Waals surface area contributed by atoms with Crippen molar-refractivity contribution in [3.63, 3.8) is 0 Å². The highest BCUT2D eigenvalue weighted by molar-refractivity contribution is 9.10. The molecule has 2 N–H and O–H groups in total. The minimum Gasteiger partial charge on any atom is -0.479 e. The number of anilines is 1. The molecule has 0 saturated carbocycles. The van der Waals surface area contributed by atoms with Crippen molar-refractivity contribution in [1.82, 2.24) is 5.32 Å². The zero-order valence-electron chi connectivity index (χ0n) is 16.3. The van der Waals surface area contributed by atoms with Gasteiger partial charge in [0.2, 0.25) is 0 Å². The quantitative estimate of drug-likeness (QED) is 0.410. The highest BCUT2D eigenvalue weighted by Gasteiger charge is 2.27. The van der Waals surface area contributed by atoms with Gasteiger partial charge in [-0.25, -0.2) is 4.79 Å². The van der Waals surface area contributed by atoms with Crippen LogP contribution in [0.2, 0.25) is 5.02 Å². The summed E-state index contributed by atoms with van der Waals surface area (Å²) in [4.78, 5) is 24.2. The van der Waals surface area contributed by atoms with Crippen LogP contribution in [0.4, 0.5) is 5.69 Å². The van der Waals surface area contributed by atoms with Gasteiger partial charge in [-0.05, 0) is 63.8 Å². The van der Waals surface area contributed by atoms with Gasteiger partial charge in [0.1, 0.15) is 0 Å². The molecule has 0 radical (unpaired) electrons. The van der Waals surface area contributed by atoms with E-state index < -0.39 is 5.97 Å². The molecule has 158 valence electrons. The van der Waals surface area contributed by atoms with Crippen molar-refractivity contribution in [2.24, 2.45) is 0 Å². The van der Waals surface area contributed by atoms with Gasteiger partial charge in [-0.2, -0.15) is 0 Å². The van der Waals surface area contributed by atoms with Crippen molar-refractivity contribution in [2.75, 3.05) is 19.0 Å². The number of esters is 1. The highest BCUT2D eigenvalue weighted by atomic mass is 79.9. The Balaban J connectivity index is 1.70. The Kier molecular flexibility index (Phi) is 7.69. The zero-order valence-corrected chi connectivity index (χ0v) is 19.5. The third-order valence-corrected chi connectivity index (χ3v) is 6.17. The third-order valence-electron chi connectivity index (χ3n) is 4.27. The van der Waals surface area contributed by atoms with Crippen LogP contribution in [0.1, 0.15) is 18.1 Å². The topological polar surface area (TPSA) is 76.7 Å². The minimum absolute atomic E-state index is 0.166. The molecule has 2 aromatic rings. The first-order chi connectivity index (χ1) is 14.4. The molecular weight excluding hydrogens is 492 g/mol. The van der Waals surface area contributed by atoms with Gasteiger partial charge in [0.15, 0.2) is 17.9 Å². The van der Waals surface area contributed by atoms with Crippen LogP contribution in [0, 0.1) is 0 Å². The fourth-order valence-corrected chi connectivity index (χ4v) is 4.67. The molecule has 6 nitrogen and oxygen atoms in total. The largest absolute Gasteiger partial charge is 0.479 e. The van der Waals surface area contributed by atoms with Crippen molar-refractivity contribution in [1.29, 1.82) is 0 Å². The molecule has 1 atom stereocenters. The van der Waals surface area contributed by atoms with Gasteiger partial charge in [-0.3, -0.25) is 4.79 Å². The molecule has 3 rings (SSSR count). The van der Waals surface area contributed by atoms with Gasteiger partial charge in [0, 0.05) is 5.69 Å². The molecule has 30 heavy (non-hydrogen) atoms. The SMILES string of the molecule is CCc1ccc(NC2NC(=O)C(=Cc3cc(Cl)c(OCC(=O)OC)c(Br)c3)S2)cc1.